The summed E-state index contributed by atoms with van der Waals surface area (Å²) >= 11 is 0. The molecule has 0 aromatic heterocycles. The predicted molar refractivity (Wildman–Crippen MR) is 62.5 cm³/mol. The normalized spacial score (nSPS) is 25.6. The van der Waals surface area contributed by atoms with Crippen molar-refractivity contribution in [1.29, 1.82) is 0 Å². The van der Waals surface area contributed by atoms with Gasteiger partial charge in [-0.05, 0) is 18.9 Å². The van der Waals surface area contributed by atoms with Crippen LogP contribution in [0.25, 0.3) is 0 Å². The fraction of sp³-hybridized carbons (Fsp3) is 0.917. The van der Waals surface area contributed by atoms with Crippen molar-refractivity contribution in [2.75, 3.05) is 32.8 Å². The fourth-order valence-electron chi connectivity index (χ4n) is 2.22. The van der Waals surface area contributed by atoms with Gasteiger partial charge in [-0.25, -0.2) is 0 Å². The number of ether oxygens (including phenoxy) is 1. The van der Waals surface area contributed by atoms with Gasteiger partial charge in [-0.15, -0.1) is 0 Å². The van der Waals surface area contributed by atoms with Gasteiger partial charge < -0.3 is 14.7 Å². The second kappa shape index (κ2) is 5.64. The molecule has 4 heteroatoms. The number of carboxylic acids is 1. The Labute approximate surface area is 97.6 Å². The van der Waals surface area contributed by atoms with Crippen LogP contribution >= 0.6 is 0 Å². The predicted octanol–water partition coefficient (Wildman–Crippen LogP) is 1.46. The van der Waals surface area contributed by atoms with Crippen LogP contribution in [-0.4, -0.2) is 48.8 Å². The third-order valence-electron chi connectivity index (χ3n) is 3.15. The van der Waals surface area contributed by atoms with E-state index in [1.54, 1.807) is 0 Å². The van der Waals surface area contributed by atoms with Gasteiger partial charge in [0.1, 0.15) is 5.41 Å². The largest absolute Gasteiger partial charge is 0.481 e. The third-order valence-corrected chi connectivity index (χ3v) is 3.15. The highest BCUT2D eigenvalue weighted by atomic mass is 16.5. The summed E-state index contributed by atoms with van der Waals surface area (Å²) in [6.07, 6.45) is 0.636. The topological polar surface area (TPSA) is 49.8 Å². The molecular formula is C12H23NO3. The highest BCUT2D eigenvalue weighted by molar-refractivity contribution is 5.75. The molecule has 16 heavy (non-hydrogen) atoms. The summed E-state index contributed by atoms with van der Waals surface area (Å²) in [4.78, 5) is 13.6. The van der Waals surface area contributed by atoms with Crippen LogP contribution in [0.2, 0.25) is 0 Å². The Morgan fingerprint density at radius 3 is 2.62 bits per heavy atom. The average Bonchev–Trinajstić information content (AvgIpc) is 2.66. The minimum absolute atomic E-state index is 0.358. The second-order valence-corrected chi connectivity index (χ2v) is 5.11. The Balaban J connectivity index is 2.63. The van der Waals surface area contributed by atoms with Gasteiger partial charge in [0, 0.05) is 19.7 Å². The molecule has 1 aliphatic heterocycles. The van der Waals surface area contributed by atoms with E-state index in [4.69, 9.17) is 4.74 Å². The molecule has 1 N–H and O–H groups in total. The van der Waals surface area contributed by atoms with Crippen molar-refractivity contribution < 1.29 is 14.6 Å². The molecule has 1 aliphatic rings. The van der Waals surface area contributed by atoms with Crippen molar-refractivity contribution in [2.45, 2.75) is 27.2 Å². The molecule has 0 aromatic carbocycles. The Kier molecular flexibility index (Phi) is 4.74. The van der Waals surface area contributed by atoms with E-state index in [2.05, 4.69) is 25.7 Å². The lowest BCUT2D eigenvalue weighted by Crippen LogP contribution is -2.44. The van der Waals surface area contributed by atoms with E-state index in [-0.39, 0.29) is 0 Å². The molecule has 0 aromatic rings. The van der Waals surface area contributed by atoms with Crippen molar-refractivity contribution >= 4 is 5.97 Å². The summed E-state index contributed by atoms with van der Waals surface area (Å²) in [6, 6.07) is 0. The maximum absolute atomic E-state index is 11.4. The number of hydrogen-bond donors (Lipinski definition) is 1. The number of carboxylic acid groups (broad SMARTS) is 1. The number of hydrogen-bond acceptors (Lipinski definition) is 3. The van der Waals surface area contributed by atoms with E-state index in [1.165, 1.54) is 0 Å². The summed E-state index contributed by atoms with van der Waals surface area (Å²) in [5.74, 6) is -0.152. The second-order valence-electron chi connectivity index (χ2n) is 5.11. The average molecular weight is 229 g/mol. The lowest BCUT2D eigenvalue weighted by atomic mass is 9.86. The van der Waals surface area contributed by atoms with Gasteiger partial charge in [0.15, 0.2) is 0 Å². The SMILES string of the molecule is CCN(CC(C)C)CC1(C(=O)O)CCOC1. The lowest BCUT2D eigenvalue weighted by Gasteiger charge is -2.31. The molecule has 1 rings (SSSR count). The maximum atomic E-state index is 11.4. The van der Waals surface area contributed by atoms with Crippen LogP contribution in [0, 0.1) is 11.3 Å². The maximum Gasteiger partial charge on any atom is 0.313 e. The first kappa shape index (κ1) is 13.5. The first-order valence-corrected chi connectivity index (χ1v) is 6.03. The molecule has 0 amide bonds. The van der Waals surface area contributed by atoms with E-state index in [0.717, 1.165) is 13.1 Å². The Morgan fingerprint density at radius 2 is 2.25 bits per heavy atom. The summed E-state index contributed by atoms with van der Waals surface area (Å²) in [6.45, 7) is 9.77. The Bertz CT molecular complexity index is 234. The molecule has 0 radical (unpaired) electrons. The standard InChI is InChI=1S/C12H23NO3/c1-4-13(7-10(2)3)8-12(11(14)15)5-6-16-9-12/h10H,4-9H2,1-3H3,(H,14,15). The van der Waals surface area contributed by atoms with Crippen LogP contribution in [0.3, 0.4) is 0 Å². The van der Waals surface area contributed by atoms with Gasteiger partial charge in [0.2, 0.25) is 0 Å². The van der Waals surface area contributed by atoms with Crippen LogP contribution in [0.4, 0.5) is 0 Å². The molecule has 94 valence electrons. The summed E-state index contributed by atoms with van der Waals surface area (Å²) in [5, 5.41) is 9.34. The van der Waals surface area contributed by atoms with Gasteiger partial charge in [0.05, 0.1) is 6.61 Å². The third kappa shape index (κ3) is 3.19. The van der Waals surface area contributed by atoms with Gasteiger partial charge in [-0.2, -0.15) is 0 Å². The lowest BCUT2D eigenvalue weighted by molar-refractivity contribution is -0.150. The van der Waals surface area contributed by atoms with Crippen molar-refractivity contribution in [3.8, 4) is 0 Å². The van der Waals surface area contributed by atoms with Gasteiger partial charge in [-0.3, -0.25) is 4.79 Å². The van der Waals surface area contributed by atoms with Gasteiger partial charge in [-0.1, -0.05) is 20.8 Å². The smallest absolute Gasteiger partial charge is 0.313 e. The van der Waals surface area contributed by atoms with Gasteiger partial charge >= 0.3 is 5.97 Å². The zero-order valence-corrected chi connectivity index (χ0v) is 10.5. The van der Waals surface area contributed by atoms with Crippen LogP contribution in [-0.2, 0) is 9.53 Å². The molecule has 1 atom stereocenters. The number of nitrogens with zero attached hydrogens (tertiary/aromatic N) is 1. The first-order valence-electron chi connectivity index (χ1n) is 6.03. The molecule has 1 saturated heterocycles. The summed E-state index contributed by atoms with van der Waals surface area (Å²) in [7, 11) is 0. The zero-order valence-electron chi connectivity index (χ0n) is 10.5. The molecule has 0 bridgehead atoms. The van der Waals surface area contributed by atoms with Crippen LogP contribution < -0.4 is 0 Å². The van der Waals surface area contributed by atoms with Crippen LogP contribution in [0.5, 0.6) is 0 Å². The van der Waals surface area contributed by atoms with Crippen molar-refractivity contribution in [3.63, 3.8) is 0 Å². The highest BCUT2D eigenvalue weighted by Gasteiger charge is 2.43. The quantitative estimate of drug-likeness (QED) is 0.749. The summed E-state index contributed by atoms with van der Waals surface area (Å²) in [5.41, 5.74) is -0.676. The summed E-state index contributed by atoms with van der Waals surface area (Å²) < 4.78 is 5.26. The minimum atomic E-state index is -0.716. The first-order chi connectivity index (χ1) is 7.50. The van der Waals surface area contributed by atoms with E-state index in [9.17, 15) is 9.90 Å². The molecule has 1 unspecified atom stereocenters. The number of carbonyl (C=O) groups is 1. The van der Waals surface area contributed by atoms with E-state index in [0.29, 0.717) is 32.1 Å². The number of aliphatic carboxylic acids is 1. The van der Waals surface area contributed by atoms with Crippen LogP contribution in [0.1, 0.15) is 27.2 Å². The van der Waals surface area contributed by atoms with Crippen molar-refractivity contribution in [3.05, 3.63) is 0 Å². The fourth-order valence-corrected chi connectivity index (χ4v) is 2.22. The molecule has 0 saturated carbocycles. The molecule has 0 spiro atoms. The zero-order chi connectivity index (χ0) is 12.2. The minimum Gasteiger partial charge on any atom is -0.481 e. The monoisotopic (exact) mass is 229 g/mol. The Hall–Kier alpha value is -0.610. The molecule has 0 aliphatic carbocycles. The van der Waals surface area contributed by atoms with E-state index >= 15 is 0 Å². The van der Waals surface area contributed by atoms with Crippen LogP contribution in [0.15, 0.2) is 0 Å². The Morgan fingerprint density at radius 1 is 1.56 bits per heavy atom. The molecule has 4 nitrogen and oxygen atoms in total. The molecule has 1 heterocycles. The van der Waals surface area contributed by atoms with E-state index < -0.39 is 11.4 Å². The molecular weight excluding hydrogens is 206 g/mol. The molecule has 1 fully saturated rings. The number of rotatable bonds is 6. The van der Waals surface area contributed by atoms with E-state index in [1.807, 2.05) is 0 Å². The van der Waals surface area contributed by atoms with Gasteiger partial charge in [0.25, 0.3) is 0 Å². The highest BCUT2D eigenvalue weighted by Crippen LogP contribution is 2.30. The van der Waals surface area contributed by atoms with Crippen molar-refractivity contribution in [1.82, 2.24) is 4.90 Å². The van der Waals surface area contributed by atoms with Crippen molar-refractivity contribution in [2.24, 2.45) is 11.3 Å².